The lowest BCUT2D eigenvalue weighted by atomic mass is 10.2. The van der Waals surface area contributed by atoms with Crippen molar-refractivity contribution in [3.05, 3.63) is 11.6 Å². The molecular formula is C11H21NO2. The van der Waals surface area contributed by atoms with E-state index in [1.54, 1.807) is 0 Å². The van der Waals surface area contributed by atoms with Gasteiger partial charge in [-0.25, -0.2) is 0 Å². The largest absolute Gasteiger partial charge is 0.366 e. The van der Waals surface area contributed by atoms with Gasteiger partial charge in [0.15, 0.2) is 0 Å². The van der Waals surface area contributed by atoms with Crippen LogP contribution in [0.15, 0.2) is 11.6 Å². The van der Waals surface area contributed by atoms with Gasteiger partial charge in [0, 0.05) is 6.54 Å². The molecule has 0 aliphatic carbocycles. The fourth-order valence-corrected chi connectivity index (χ4v) is 0.702. The van der Waals surface area contributed by atoms with Crippen molar-refractivity contribution in [2.45, 2.75) is 40.2 Å². The maximum atomic E-state index is 11.2. The fourth-order valence-electron chi connectivity index (χ4n) is 0.702. The lowest BCUT2D eigenvalue weighted by Gasteiger charge is -2.18. The maximum Gasteiger partial charge on any atom is 0.246 e. The van der Waals surface area contributed by atoms with Crippen molar-refractivity contribution in [3.8, 4) is 0 Å². The second-order valence-electron chi connectivity index (χ2n) is 4.49. The molecule has 0 aromatic carbocycles. The van der Waals surface area contributed by atoms with E-state index in [4.69, 9.17) is 4.74 Å². The highest BCUT2D eigenvalue weighted by atomic mass is 16.5. The van der Waals surface area contributed by atoms with Crippen molar-refractivity contribution >= 4 is 5.91 Å². The Kier molecular flexibility index (Phi) is 5.46. The Bertz CT molecular complexity index is 210. The molecule has 0 atom stereocenters. The molecule has 0 aliphatic rings. The molecule has 0 saturated carbocycles. The smallest absolute Gasteiger partial charge is 0.246 e. The molecule has 0 rings (SSSR count). The van der Waals surface area contributed by atoms with Crippen molar-refractivity contribution in [2.24, 2.45) is 0 Å². The molecule has 0 aromatic heterocycles. The van der Waals surface area contributed by atoms with Crippen molar-refractivity contribution in [3.63, 3.8) is 0 Å². The van der Waals surface area contributed by atoms with Gasteiger partial charge in [-0.2, -0.15) is 0 Å². The Labute approximate surface area is 86.5 Å². The summed E-state index contributed by atoms with van der Waals surface area (Å²) in [6, 6.07) is 0. The first-order chi connectivity index (χ1) is 6.31. The van der Waals surface area contributed by atoms with Crippen LogP contribution in [0.4, 0.5) is 0 Å². The van der Waals surface area contributed by atoms with Crippen LogP contribution in [-0.4, -0.2) is 24.7 Å². The zero-order valence-electron chi connectivity index (χ0n) is 9.81. The van der Waals surface area contributed by atoms with Gasteiger partial charge in [0.05, 0.1) is 5.60 Å². The van der Waals surface area contributed by atoms with Crippen molar-refractivity contribution in [1.82, 2.24) is 5.32 Å². The number of ether oxygens (including phenoxy) is 1. The SMILES string of the molecule is CC(C)=CCNC(=O)COC(C)(C)C. The second-order valence-corrected chi connectivity index (χ2v) is 4.49. The van der Waals surface area contributed by atoms with Crippen LogP contribution in [0.1, 0.15) is 34.6 Å². The number of carbonyl (C=O) groups excluding carboxylic acids is 1. The normalized spacial score (nSPS) is 10.9. The Hall–Kier alpha value is -0.830. The van der Waals surface area contributed by atoms with Gasteiger partial charge in [0.25, 0.3) is 0 Å². The predicted octanol–water partition coefficient (Wildman–Crippen LogP) is 1.88. The summed E-state index contributed by atoms with van der Waals surface area (Å²) in [5, 5.41) is 2.75. The zero-order chi connectivity index (χ0) is 11.2. The van der Waals surface area contributed by atoms with E-state index < -0.39 is 0 Å². The fraction of sp³-hybridized carbons (Fsp3) is 0.727. The standard InChI is InChI=1S/C11H21NO2/c1-9(2)6-7-12-10(13)8-14-11(3,4)5/h6H,7-8H2,1-5H3,(H,12,13). The van der Waals surface area contributed by atoms with Gasteiger partial charge in [-0.3, -0.25) is 4.79 Å². The molecular weight excluding hydrogens is 178 g/mol. The molecule has 0 aromatic rings. The number of hydrogen-bond donors (Lipinski definition) is 1. The van der Waals surface area contributed by atoms with E-state index >= 15 is 0 Å². The van der Waals surface area contributed by atoms with Gasteiger partial charge in [0.2, 0.25) is 5.91 Å². The molecule has 0 aliphatic heterocycles. The molecule has 0 heterocycles. The van der Waals surface area contributed by atoms with Crippen LogP contribution in [0.25, 0.3) is 0 Å². The number of rotatable bonds is 4. The molecule has 3 heteroatoms. The van der Waals surface area contributed by atoms with Crippen LogP contribution in [-0.2, 0) is 9.53 Å². The molecule has 0 bridgehead atoms. The molecule has 3 nitrogen and oxygen atoms in total. The van der Waals surface area contributed by atoms with Crippen molar-refractivity contribution in [1.29, 1.82) is 0 Å². The molecule has 0 saturated heterocycles. The van der Waals surface area contributed by atoms with Crippen LogP contribution < -0.4 is 5.32 Å². The molecule has 14 heavy (non-hydrogen) atoms. The molecule has 0 unspecified atom stereocenters. The predicted molar refractivity (Wildman–Crippen MR) is 58.1 cm³/mol. The molecule has 1 amide bonds. The number of carbonyl (C=O) groups is 1. The van der Waals surface area contributed by atoms with Crippen LogP contribution in [0.5, 0.6) is 0 Å². The van der Waals surface area contributed by atoms with E-state index in [0.29, 0.717) is 6.54 Å². The first-order valence-electron chi connectivity index (χ1n) is 4.85. The lowest BCUT2D eigenvalue weighted by Crippen LogP contribution is -2.32. The van der Waals surface area contributed by atoms with Crippen LogP contribution in [0, 0.1) is 0 Å². The van der Waals surface area contributed by atoms with E-state index in [-0.39, 0.29) is 18.1 Å². The Morgan fingerprint density at radius 1 is 1.36 bits per heavy atom. The van der Waals surface area contributed by atoms with Crippen LogP contribution in [0.3, 0.4) is 0 Å². The van der Waals surface area contributed by atoms with E-state index in [9.17, 15) is 4.79 Å². The third-order valence-corrected chi connectivity index (χ3v) is 1.45. The van der Waals surface area contributed by atoms with Gasteiger partial charge < -0.3 is 10.1 Å². The third kappa shape index (κ3) is 9.26. The molecule has 0 spiro atoms. The highest BCUT2D eigenvalue weighted by Crippen LogP contribution is 2.05. The number of hydrogen-bond acceptors (Lipinski definition) is 2. The van der Waals surface area contributed by atoms with Gasteiger partial charge in [-0.1, -0.05) is 11.6 Å². The van der Waals surface area contributed by atoms with Gasteiger partial charge in [0.1, 0.15) is 6.61 Å². The second kappa shape index (κ2) is 5.81. The van der Waals surface area contributed by atoms with Crippen molar-refractivity contribution < 1.29 is 9.53 Å². The van der Waals surface area contributed by atoms with E-state index in [1.165, 1.54) is 5.57 Å². The number of amides is 1. The average Bonchev–Trinajstić information content (AvgIpc) is 1.99. The summed E-state index contributed by atoms with van der Waals surface area (Å²) in [7, 11) is 0. The Morgan fingerprint density at radius 3 is 2.36 bits per heavy atom. The molecule has 0 fully saturated rings. The minimum absolute atomic E-state index is 0.0718. The lowest BCUT2D eigenvalue weighted by molar-refractivity contribution is -0.130. The van der Waals surface area contributed by atoms with E-state index in [0.717, 1.165) is 0 Å². The first kappa shape index (κ1) is 13.2. The maximum absolute atomic E-state index is 11.2. The van der Waals surface area contributed by atoms with Crippen LogP contribution in [0.2, 0.25) is 0 Å². The topological polar surface area (TPSA) is 38.3 Å². The van der Waals surface area contributed by atoms with E-state index in [1.807, 2.05) is 40.7 Å². The first-order valence-corrected chi connectivity index (χ1v) is 4.85. The van der Waals surface area contributed by atoms with Gasteiger partial charge >= 0.3 is 0 Å². The van der Waals surface area contributed by atoms with Gasteiger partial charge in [-0.15, -0.1) is 0 Å². The molecule has 0 radical (unpaired) electrons. The summed E-state index contributed by atoms with van der Waals surface area (Å²) in [6.45, 7) is 10.5. The quantitative estimate of drug-likeness (QED) is 0.702. The monoisotopic (exact) mass is 199 g/mol. The highest BCUT2D eigenvalue weighted by Gasteiger charge is 2.11. The Morgan fingerprint density at radius 2 is 1.93 bits per heavy atom. The molecule has 82 valence electrons. The minimum atomic E-state index is -0.256. The molecule has 1 N–H and O–H groups in total. The number of allylic oxidation sites excluding steroid dienone is 1. The summed E-state index contributed by atoms with van der Waals surface area (Å²) >= 11 is 0. The summed E-state index contributed by atoms with van der Waals surface area (Å²) in [6.07, 6.45) is 1.97. The van der Waals surface area contributed by atoms with Crippen LogP contribution >= 0.6 is 0 Å². The summed E-state index contributed by atoms with van der Waals surface area (Å²) in [5.41, 5.74) is 0.940. The van der Waals surface area contributed by atoms with E-state index in [2.05, 4.69) is 5.32 Å². The minimum Gasteiger partial charge on any atom is -0.366 e. The third-order valence-electron chi connectivity index (χ3n) is 1.45. The number of nitrogens with one attached hydrogen (secondary N) is 1. The summed E-state index contributed by atoms with van der Waals surface area (Å²) in [4.78, 5) is 11.2. The van der Waals surface area contributed by atoms with Crippen molar-refractivity contribution in [2.75, 3.05) is 13.2 Å². The highest BCUT2D eigenvalue weighted by molar-refractivity contribution is 5.77. The average molecular weight is 199 g/mol. The van der Waals surface area contributed by atoms with Gasteiger partial charge in [-0.05, 0) is 34.6 Å². The summed E-state index contributed by atoms with van der Waals surface area (Å²) in [5.74, 6) is -0.0718. The summed E-state index contributed by atoms with van der Waals surface area (Å²) < 4.78 is 5.32. The Balaban J connectivity index is 3.62. The zero-order valence-corrected chi connectivity index (χ0v) is 9.81.